The van der Waals surface area contributed by atoms with E-state index in [-0.39, 0.29) is 18.0 Å². The van der Waals surface area contributed by atoms with Crippen LogP contribution < -0.4 is 5.32 Å². The predicted molar refractivity (Wildman–Crippen MR) is 143 cm³/mol. The minimum Gasteiger partial charge on any atom is -0.462 e. The summed E-state index contributed by atoms with van der Waals surface area (Å²) in [7, 11) is 1.89. The molecule has 34 heavy (non-hydrogen) atoms. The van der Waals surface area contributed by atoms with Gasteiger partial charge in [0, 0.05) is 12.5 Å². The molecule has 5 nitrogen and oxygen atoms in total. The lowest BCUT2D eigenvalue weighted by Crippen LogP contribution is -2.19. The van der Waals surface area contributed by atoms with Gasteiger partial charge in [0.15, 0.2) is 0 Å². The number of allylic oxidation sites excluding steroid dienone is 4. The minimum absolute atomic E-state index is 0.0362. The lowest BCUT2D eigenvalue weighted by atomic mass is 10.0. The zero-order chi connectivity index (χ0) is 25.3. The number of hydrogen-bond acceptors (Lipinski definition) is 5. The van der Waals surface area contributed by atoms with Gasteiger partial charge in [-0.1, -0.05) is 69.4 Å². The number of ether oxygens (including phenoxy) is 2. The standard InChI is InChI=1S/C29H51NO4/c1-5-7-9-10-11-16-25-33-28(31)23-22-26(3)18-14-12-15-20-27(19-13-8-6-2)34-29(32)21-17-24-30-4/h11,16,18,22-23,27,30H,5-10,12-15,17,19-21,24-25H2,1-4H3/b16-11-,23-22+,26-18+. The van der Waals surface area contributed by atoms with Crippen LogP contribution in [0.3, 0.4) is 0 Å². The van der Waals surface area contributed by atoms with Crippen molar-refractivity contribution in [3.8, 4) is 0 Å². The summed E-state index contributed by atoms with van der Waals surface area (Å²) in [6.45, 7) is 7.54. The molecule has 0 heterocycles. The molecule has 0 aliphatic heterocycles. The van der Waals surface area contributed by atoms with Gasteiger partial charge in [-0.15, -0.1) is 0 Å². The third-order valence-electron chi connectivity index (χ3n) is 5.63. The van der Waals surface area contributed by atoms with Crippen LogP contribution in [0.15, 0.2) is 36.0 Å². The van der Waals surface area contributed by atoms with E-state index in [1.165, 1.54) is 38.2 Å². The molecule has 0 aromatic heterocycles. The van der Waals surface area contributed by atoms with Crippen molar-refractivity contribution >= 4 is 11.9 Å². The lowest BCUT2D eigenvalue weighted by molar-refractivity contribution is -0.150. The van der Waals surface area contributed by atoms with Crippen molar-refractivity contribution in [3.63, 3.8) is 0 Å². The fourth-order valence-electron chi connectivity index (χ4n) is 3.53. The number of hydrogen-bond donors (Lipinski definition) is 1. The van der Waals surface area contributed by atoms with Crippen LogP contribution >= 0.6 is 0 Å². The second kappa shape index (κ2) is 24.3. The van der Waals surface area contributed by atoms with Gasteiger partial charge >= 0.3 is 11.9 Å². The van der Waals surface area contributed by atoms with E-state index in [9.17, 15) is 9.59 Å². The minimum atomic E-state index is -0.308. The third kappa shape index (κ3) is 21.9. The molecule has 1 unspecified atom stereocenters. The Balaban J connectivity index is 4.17. The van der Waals surface area contributed by atoms with Crippen LogP contribution in [0.2, 0.25) is 0 Å². The molecule has 0 aromatic carbocycles. The second-order valence-electron chi connectivity index (χ2n) is 8.98. The Morgan fingerprint density at radius 1 is 0.853 bits per heavy atom. The molecule has 0 amide bonds. The molecule has 196 valence electrons. The van der Waals surface area contributed by atoms with E-state index in [0.29, 0.717) is 13.0 Å². The molecule has 0 bridgehead atoms. The molecule has 0 spiro atoms. The molecule has 5 heteroatoms. The topological polar surface area (TPSA) is 64.6 Å². The van der Waals surface area contributed by atoms with Crippen molar-refractivity contribution in [1.82, 2.24) is 5.32 Å². The summed E-state index contributed by atoms with van der Waals surface area (Å²) in [6, 6.07) is 0. The molecular weight excluding hydrogens is 426 g/mol. The first kappa shape index (κ1) is 32.1. The summed E-state index contributed by atoms with van der Waals surface area (Å²) in [6.07, 6.45) is 23.8. The fourth-order valence-corrected chi connectivity index (χ4v) is 3.53. The Morgan fingerprint density at radius 2 is 1.53 bits per heavy atom. The quantitative estimate of drug-likeness (QED) is 0.0586. The largest absolute Gasteiger partial charge is 0.462 e. The molecule has 0 fully saturated rings. The molecule has 0 aliphatic rings. The highest BCUT2D eigenvalue weighted by molar-refractivity contribution is 5.82. The number of carbonyl (C=O) groups is 2. The molecule has 0 saturated heterocycles. The van der Waals surface area contributed by atoms with E-state index in [2.05, 4.69) is 31.3 Å². The maximum absolute atomic E-state index is 12.1. The number of unbranched alkanes of at least 4 members (excludes halogenated alkanes) is 7. The Kier molecular flexibility index (Phi) is 22.9. The first-order chi connectivity index (χ1) is 16.5. The van der Waals surface area contributed by atoms with Crippen LogP contribution in [0.25, 0.3) is 0 Å². The predicted octanol–water partition coefficient (Wildman–Crippen LogP) is 7.22. The second-order valence-corrected chi connectivity index (χ2v) is 8.98. The van der Waals surface area contributed by atoms with Gasteiger partial charge in [-0.2, -0.15) is 0 Å². The van der Waals surface area contributed by atoms with Gasteiger partial charge in [0.25, 0.3) is 0 Å². The van der Waals surface area contributed by atoms with Gasteiger partial charge < -0.3 is 14.8 Å². The zero-order valence-corrected chi connectivity index (χ0v) is 22.4. The fraction of sp³-hybridized carbons (Fsp3) is 0.724. The average molecular weight is 478 g/mol. The van der Waals surface area contributed by atoms with Crippen molar-refractivity contribution < 1.29 is 19.1 Å². The van der Waals surface area contributed by atoms with Crippen LogP contribution in [-0.4, -0.2) is 38.2 Å². The van der Waals surface area contributed by atoms with Crippen molar-refractivity contribution in [1.29, 1.82) is 0 Å². The number of esters is 2. The van der Waals surface area contributed by atoms with Gasteiger partial charge in [0.1, 0.15) is 12.7 Å². The highest BCUT2D eigenvalue weighted by Gasteiger charge is 2.13. The van der Waals surface area contributed by atoms with Crippen LogP contribution in [0.1, 0.15) is 111 Å². The average Bonchev–Trinajstić information content (AvgIpc) is 2.82. The molecule has 0 saturated carbocycles. The Morgan fingerprint density at radius 3 is 2.24 bits per heavy atom. The molecule has 1 atom stereocenters. The van der Waals surface area contributed by atoms with Gasteiger partial charge in [0.05, 0.1) is 0 Å². The Labute approximate surface area is 209 Å². The van der Waals surface area contributed by atoms with Gasteiger partial charge in [-0.05, 0) is 78.3 Å². The monoisotopic (exact) mass is 477 g/mol. The van der Waals surface area contributed by atoms with E-state index in [1.807, 2.05) is 26.1 Å². The van der Waals surface area contributed by atoms with E-state index >= 15 is 0 Å². The normalized spacial score (nSPS) is 13.0. The molecule has 0 rings (SSSR count). The number of nitrogens with one attached hydrogen (secondary N) is 1. The summed E-state index contributed by atoms with van der Waals surface area (Å²) in [4.78, 5) is 23.9. The maximum Gasteiger partial charge on any atom is 0.331 e. The van der Waals surface area contributed by atoms with Crippen molar-refractivity contribution in [2.75, 3.05) is 20.2 Å². The highest BCUT2D eigenvalue weighted by atomic mass is 16.5. The van der Waals surface area contributed by atoms with Crippen molar-refractivity contribution in [3.05, 3.63) is 36.0 Å². The highest BCUT2D eigenvalue weighted by Crippen LogP contribution is 2.16. The van der Waals surface area contributed by atoms with E-state index in [4.69, 9.17) is 9.47 Å². The molecule has 0 aliphatic carbocycles. The molecule has 0 aromatic rings. The van der Waals surface area contributed by atoms with Crippen LogP contribution in [-0.2, 0) is 19.1 Å². The van der Waals surface area contributed by atoms with Crippen LogP contribution in [0, 0.1) is 0 Å². The first-order valence-corrected chi connectivity index (χ1v) is 13.5. The maximum atomic E-state index is 12.1. The van der Waals surface area contributed by atoms with Gasteiger partial charge in [0.2, 0.25) is 0 Å². The van der Waals surface area contributed by atoms with E-state index < -0.39 is 0 Å². The Hall–Kier alpha value is -1.88. The zero-order valence-electron chi connectivity index (χ0n) is 22.4. The molecule has 0 radical (unpaired) electrons. The summed E-state index contributed by atoms with van der Waals surface area (Å²) in [5.74, 6) is -0.381. The summed E-state index contributed by atoms with van der Waals surface area (Å²) >= 11 is 0. The summed E-state index contributed by atoms with van der Waals surface area (Å²) < 4.78 is 10.9. The molecular formula is C29H51NO4. The van der Waals surface area contributed by atoms with Gasteiger partial charge in [-0.25, -0.2) is 4.79 Å². The van der Waals surface area contributed by atoms with E-state index in [1.54, 1.807) is 0 Å². The van der Waals surface area contributed by atoms with Crippen molar-refractivity contribution in [2.24, 2.45) is 0 Å². The van der Waals surface area contributed by atoms with E-state index in [0.717, 1.165) is 63.5 Å². The number of carbonyl (C=O) groups excluding carboxylic acids is 2. The smallest absolute Gasteiger partial charge is 0.331 e. The lowest BCUT2D eigenvalue weighted by Gasteiger charge is -2.18. The third-order valence-corrected chi connectivity index (χ3v) is 5.63. The van der Waals surface area contributed by atoms with Crippen molar-refractivity contribution in [2.45, 2.75) is 117 Å². The van der Waals surface area contributed by atoms with Crippen LogP contribution in [0.4, 0.5) is 0 Å². The van der Waals surface area contributed by atoms with Crippen LogP contribution in [0.5, 0.6) is 0 Å². The summed E-state index contributed by atoms with van der Waals surface area (Å²) in [5, 5.41) is 3.06. The SMILES string of the molecule is CCCCC/C=C\COC(=O)/C=C/C(C)=C/CCCCC(CCCCC)OC(=O)CCCNC. The Bertz CT molecular complexity index is 595. The number of rotatable bonds is 22. The summed E-state index contributed by atoms with van der Waals surface area (Å²) in [5.41, 5.74) is 1.06. The first-order valence-electron chi connectivity index (χ1n) is 13.5. The molecule has 1 N–H and O–H groups in total. The van der Waals surface area contributed by atoms with Gasteiger partial charge in [-0.3, -0.25) is 4.79 Å².